The number of rotatable bonds is 6. The van der Waals surface area contributed by atoms with Gasteiger partial charge in [0.25, 0.3) is 0 Å². The van der Waals surface area contributed by atoms with Crippen molar-refractivity contribution in [2.45, 2.75) is 25.1 Å². The molecule has 152 valence electrons. The van der Waals surface area contributed by atoms with Crippen LogP contribution in [0.1, 0.15) is 18.9 Å². The second kappa shape index (κ2) is 9.80. The van der Waals surface area contributed by atoms with Gasteiger partial charge in [0, 0.05) is 18.0 Å². The van der Waals surface area contributed by atoms with Gasteiger partial charge in [0.1, 0.15) is 5.75 Å². The van der Waals surface area contributed by atoms with Crippen LogP contribution in [0, 0.1) is 0 Å². The van der Waals surface area contributed by atoms with Crippen LogP contribution in [0.15, 0.2) is 53.5 Å². The molecule has 0 saturated carbocycles. The third-order valence-corrected chi connectivity index (χ3v) is 5.74. The van der Waals surface area contributed by atoms with Crippen LogP contribution >= 0.6 is 23.4 Å². The molecule has 0 aliphatic carbocycles. The van der Waals surface area contributed by atoms with Crippen LogP contribution < -0.4 is 10.1 Å². The van der Waals surface area contributed by atoms with Gasteiger partial charge in [0.05, 0.1) is 24.6 Å². The van der Waals surface area contributed by atoms with Crippen molar-refractivity contribution in [2.75, 3.05) is 13.7 Å². The molecule has 1 N–H and O–H groups in total. The third-order valence-electron chi connectivity index (χ3n) is 4.32. The Bertz CT molecular complexity index is 918. The van der Waals surface area contributed by atoms with Crippen molar-refractivity contribution >= 4 is 46.0 Å². The second-order valence-corrected chi connectivity index (χ2v) is 8.01. The van der Waals surface area contributed by atoms with E-state index in [4.69, 9.17) is 16.3 Å². The third kappa shape index (κ3) is 5.52. The quantitative estimate of drug-likeness (QED) is 0.750. The van der Waals surface area contributed by atoms with Crippen LogP contribution in [0.25, 0.3) is 0 Å². The number of thioether (sulfide) groups is 1. The Morgan fingerprint density at radius 3 is 2.72 bits per heavy atom. The minimum Gasteiger partial charge on any atom is -0.497 e. The van der Waals surface area contributed by atoms with E-state index >= 15 is 0 Å². The molecule has 1 saturated heterocycles. The highest BCUT2D eigenvalue weighted by Gasteiger charge is 2.35. The Morgan fingerprint density at radius 2 is 2.07 bits per heavy atom. The second-order valence-electron chi connectivity index (χ2n) is 6.41. The zero-order valence-corrected chi connectivity index (χ0v) is 17.8. The molecule has 2 aromatic carbocycles. The van der Waals surface area contributed by atoms with Gasteiger partial charge in [0.2, 0.25) is 11.8 Å². The van der Waals surface area contributed by atoms with E-state index in [1.54, 1.807) is 30.2 Å². The summed E-state index contributed by atoms with van der Waals surface area (Å²) in [6.07, 6.45) is 0.126. The Morgan fingerprint density at radius 1 is 1.31 bits per heavy atom. The number of nitrogens with one attached hydrogen (secondary N) is 1. The van der Waals surface area contributed by atoms with Crippen molar-refractivity contribution in [3.05, 3.63) is 59.1 Å². The number of carbonyl (C=O) groups excluding carboxylic acids is 2. The minimum absolute atomic E-state index is 0.126. The van der Waals surface area contributed by atoms with E-state index in [0.29, 0.717) is 29.0 Å². The molecule has 2 amide bonds. The average molecular weight is 432 g/mol. The van der Waals surface area contributed by atoms with Crippen molar-refractivity contribution in [2.24, 2.45) is 4.99 Å². The number of nitrogens with zero attached hydrogens (tertiary/aromatic N) is 2. The Hall–Kier alpha value is -2.51. The molecule has 1 heterocycles. The normalized spacial score (nSPS) is 18.0. The molecule has 0 spiro atoms. The lowest BCUT2D eigenvalue weighted by Gasteiger charge is -2.31. The molecule has 29 heavy (non-hydrogen) atoms. The van der Waals surface area contributed by atoms with Crippen LogP contribution in [0.2, 0.25) is 5.02 Å². The number of methoxy groups -OCH3 is 1. The summed E-state index contributed by atoms with van der Waals surface area (Å²) in [5, 5.41) is 3.32. The molecule has 1 aliphatic heterocycles. The highest BCUT2D eigenvalue weighted by atomic mass is 35.5. The fourth-order valence-corrected chi connectivity index (χ4v) is 4.16. The lowest BCUT2D eigenvalue weighted by atomic mass is 10.2. The topological polar surface area (TPSA) is 71.0 Å². The van der Waals surface area contributed by atoms with E-state index in [-0.39, 0.29) is 18.2 Å². The molecule has 2 aromatic rings. The number of hydrogen-bond acceptors (Lipinski definition) is 5. The van der Waals surface area contributed by atoms with Gasteiger partial charge in [-0.2, -0.15) is 0 Å². The van der Waals surface area contributed by atoms with Crippen molar-refractivity contribution in [3.63, 3.8) is 0 Å². The summed E-state index contributed by atoms with van der Waals surface area (Å²) in [5.74, 6) is 0.447. The highest BCUT2D eigenvalue weighted by Crippen LogP contribution is 2.31. The first-order valence-corrected chi connectivity index (χ1v) is 10.5. The maximum Gasteiger partial charge on any atom is 0.234 e. The highest BCUT2D eigenvalue weighted by molar-refractivity contribution is 8.15. The predicted octanol–water partition coefficient (Wildman–Crippen LogP) is 4.01. The molecule has 3 rings (SSSR count). The van der Waals surface area contributed by atoms with Gasteiger partial charge in [-0.3, -0.25) is 14.5 Å². The number of hydrogen-bond donors (Lipinski definition) is 1. The number of halogens is 1. The van der Waals surface area contributed by atoms with Gasteiger partial charge in [-0.25, -0.2) is 4.99 Å². The molecule has 1 fully saturated rings. The molecule has 0 aromatic heterocycles. The van der Waals surface area contributed by atoms with Crippen LogP contribution in [-0.2, 0) is 16.1 Å². The fourth-order valence-electron chi connectivity index (χ4n) is 2.85. The largest absolute Gasteiger partial charge is 0.497 e. The summed E-state index contributed by atoms with van der Waals surface area (Å²) in [6.45, 7) is 2.72. The summed E-state index contributed by atoms with van der Waals surface area (Å²) in [5.41, 5.74) is 1.57. The number of amidine groups is 1. The fraction of sp³-hybridized carbons (Fsp3) is 0.286. The minimum atomic E-state index is -0.507. The van der Waals surface area contributed by atoms with E-state index in [1.165, 1.54) is 11.8 Å². The maximum absolute atomic E-state index is 12.9. The first-order chi connectivity index (χ1) is 14.0. The van der Waals surface area contributed by atoms with Crippen LogP contribution in [0.4, 0.5) is 5.69 Å². The molecular formula is C21H22ClN3O3S. The molecule has 1 atom stereocenters. The number of benzene rings is 2. The van der Waals surface area contributed by atoms with Crippen molar-refractivity contribution in [1.29, 1.82) is 0 Å². The average Bonchev–Trinajstić information content (AvgIpc) is 2.71. The predicted molar refractivity (Wildman–Crippen MR) is 117 cm³/mol. The first-order valence-electron chi connectivity index (χ1n) is 9.22. The van der Waals surface area contributed by atoms with Gasteiger partial charge < -0.3 is 10.1 Å². The van der Waals surface area contributed by atoms with E-state index < -0.39 is 5.25 Å². The lowest BCUT2D eigenvalue weighted by Crippen LogP contribution is -2.46. The summed E-state index contributed by atoms with van der Waals surface area (Å²) in [7, 11) is 1.61. The van der Waals surface area contributed by atoms with E-state index in [9.17, 15) is 9.59 Å². The Kier molecular flexibility index (Phi) is 7.17. The molecule has 0 bridgehead atoms. The molecule has 1 unspecified atom stereocenters. The first kappa shape index (κ1) is 21.2. The Labute approximate surface area is 179 Å². The van der Waals surface area contributed by atoms with Crippen LogP contribution in [0.5, 0.6) is 5.75 Å². The van der Waals surface area contributed by atoms with Crippen molar-refractivity contribution in [1.82, 2.24) is 10.2 Å². The number of carbonyl (C=O) groups is 2. The van der Waals surface area contributed by atoms with E-state index in [0.717, 1.165) is 11.3 Å². The maximum atomic E-state index is 12.9. The number of aliphatic imine (C=N–C) groups is 1. The van der Waals surface area contributed by atoms with Crippen molar-refractivity contribution < 1.29 is 14.3 Å². The van der Waals surface area contributed by atoms with Gasteiger partial charge in [0.15, 0.2) is 5.17 Å². The summed E-state index contributed by atoms with van der Waals surface area (Å²) in [4.78, 5) is 31.5. The number of amides is 2. The standard InChI is InChI=1S/C21H22ClN3O3S/c1-3-23-20(27)18-12-19(26)25(13-14-7-9-17(28-2)10-8-14)21(29-18)24-16-6-4-5-15(22)11-16/h4-11,18H,3,12-13H2,1-2H3,(H,23,27). The lowest BCUT2D eigenvalue weighted by molar-refractivity contribution is -0.130. The van der Waals surface area contributed by atoms with Gasteiger partial charge in [-0.1, -0.05) is 41.6 Å². The Balaban J connectivity index is 1.90. The smallest absolute Gasteiger partial charge is 0.234 e. The number of ether oxygens (including phenoxy) is 1. The molecule has 6 nitrogen and oxygen atoms in total. The summed E-state index contributed by atoms with van der Waals surface area (Å²) in [6, 6.07) is 14.6. The molecule has 1 aliphatic rings. The van der Waals surface area contributed by atoms with Crippen molar-refractivity contribution in [3.8, 4) is 5.75 Å². The van der Waals surface area contributed by atoms with E-state index in [1.807, 2.05) is 37.3 Å². The zero-order valence-electron chi connectivity index (χ0n) is 16.2. The van der Waals surface area contributed by atoms with Gasteiger partial charge in [-0.15, -0.1) is 0 Å². The zero-order chi connectivity index (χ0) is 20.8. The molecule has 0 radical (unpaired) electrons. The van der Waals surface area contributed by atoms with Gasteiger partial charge >= 0.3 is 0 Å². The van der Waals surface area contributed by atoms with E-state index in [2.05, 4.69) is 10.3 Å². The SMILES string of the molecule is CCNC(=O)C1CC(=O)N(Cc2ccc(OC)cc2)C(=Nc2cccc(Cl)c2)S1. The summed E-state index contributed by atoms with van der Waals surface area (Å²) < 4.78 is 5.19. The van der Waals surface area contributed by atoms with Crippen LogP contribution in [-0.4, -0.2) is 40.8 Å². The molecular weight excluding hydrogens is 410 g/mol. The summed E-state index contributed by atoms with van der Waals surface area (Å²) >= 11 is 7.37. The molecule has 8 heteroatoms. The monoisotopic (exact) mass is 431 g/mol. The van der Waals surface area contributed by atoms with Crippen LogP contribution in [0.3, 0.4) is 0 Å². The van der Waals surface area contributed by atoms with Gasteiger partial charge in [-0.05, 0) is 42.8 Å².